The number of halogens is 1. The van der Waals surface area contributed by atoms with Crippen LogP contribution in [0, 0.1) is 5.82 Å². The van der Waals surface area contributed by atoms with E-state index < -0.39 is 15.8 Å². The van der Waals surface area contributed by atoms with Gasteiger partial charge in [0.1, 0.15) is 10.8 Å². The third kappa shape index (κ3) is 3.39. The number of hydrogen-bond acceptors (Lipinski definition) is 4. The highest BCUT2D eigenvalue weighted by atomic mass is 32.2. The average molecular weight is 331 g/mol. The number of likely N-dealkylation sites (N-methyl/N-ethyl adjacent to an activating group) is 1. The third-order valence-corrected chi connectivity index (χ3v) is 5.66. The van der Waals surface area contributed by atoms with Crippen molar-refractivity contribution in [3.05, 3.63) is 29.6 Å². The topological polar surface area (TPSA) is 66.6 Å². The van der Waals surface area contributed by atoms with Crippen molar-refractivity contribution in [3.8, 4) is 0 Å². The fourth-order valence-corrected chi connectivity index (χ4v) is 4.32. The Morgan fingerprint density at radius 3 is 2.67 bits per heavy atom. The van der Waals surface area contributed by atoms with Crippen molar-refractivity contribution in [1.82, 2.24) is 9.21 Å². The van der Waals surface area contributed by atoms with E-state index in [4.69, 9.17) is 18.0 Å². The van der Waals surface area contributed by atoms with Crippen LogP contribution in [0.15, 0.2) is 23.1 Å². The standard InChI is InChI=1S/C13H18FN3O2S2/c1-16-6-3-7-17(9-8-16)21(18,19)11-5-2-4-10(14)12(11)13(15)20/h2,4-5H,3,6-9H2,1H3,(H2,15,20). The number of nitrogens with zero attached hydrogens (tertiary/aromatic N) is 2. The van der Waals surface area contributed by atoms with Crippen LogP contribution in [0.5, 0.6) is 0 Å². The van der Waals surface area contributed by atoms with E-state index in [0.717, 1.165) is 19.0 Å². The van der Waals surface area contributed by atoms with Gasteiger partial charge in [0.25, 0.3) is 0 Å². The van der Waals surface area contributed by atoms with Crippen LogP contribution in [0.2, 0.25) is 0 Å². The Morgan fingerprint density at radius 2 is 2.00 bits per heavy atom. The van der Waals surface area contributed by atoms with E-state index in [1.807, 2.05) is 7.05 Å². The van der Waals surface area contributed by atoms with Crippen LogP contribution in [0.25, 0.3) is 0 Å². The minimum Gasteiger partial charge on any atom is -0.389 e. The van der Waals surface area contributed by atoms with Crippen molar-refractivity contribution in [2.45, 2.75) is 11.3 Å². The van der Waals surface area contributed by atoms with Crippen LogP contribution >= 0.6 is 12.2 Å². The summed E-state index contributed by atoms with van der Waals surface area (Å²) >= 11 is 4.80. The summed E-state index contributed by atoms with van der Waals surface area (Å²) in [5.74, 6) is -0.712. The Kier molecular flexibility index (Phi) is 4.92. The number of nitrogens with two attached hydrogens (primary N) is 1. The molecule has 21 heavy (non-hydrogen) atoms. The Balaban J connectivity index is 2.45. The van der Waals surface area contributed by atoms with Crippen LogP contribution in [-0.2, 0) is 10.0 Å². The Hall–Kier alpha value is -1.09. The molecular formula is C13H18FN3O2S2. The van der Waals surface area contributed by atoms with E-state index in [1.165, 1.54) is 16.4 Å². The molecule has 0 spiro atoms. The lowest BCUT2D eigenvalue weighted by Crippen LogP contribution is -2.35. The second-order valence-corrected chi connectivity index (χ2v) is 7.38. The maximum Gasteiger partial charge on any atom is 0.243 e. The minimum absolute atomic E-state index is 0.153. The second kappa shape index (κ2) is 6.35. The molecule has 1 heterocycles. The van der Waals surface area contributed by atoms with Gasteiger partial charge < -0.3 is 10.6 Å². The molecule has 1 aromatic carbocycles. The van der Waals surface area contributed by atoms with Gasteiger partial charge in [0.2, 0.25) is 10.0 Å². The third-order valence-electron chi connectivity index (χ3n) is 3.52. The van der Waals surface area contributed by atoms with Gasteiger partial charge in [-0.25, -0.2) is 12.8 Å². The summed E-state index contributed by atoms with van der Waals surface area (Å²) in [6, 6.07) is 3.86. The van der Waals surface area contributed by atoms with Crippen LogP contribution in [0.4, 0.5) is 4.39 Å². The van der Waals surface area contributed by atoms with Crippen molar-refractivity contribution in [2.75, 3.05) is 33.2 Å². The lowest BCUT2D eigenvalue weighted by molar-refractivity contribution is 0.347. The first-order valence-electron chi connectivity index (χ1n) is 6.61. The van der Waals surface area contributed by atoms with Crippen LogP contribution in [0.3, 0.4) is 0 Å². The first-order valence-corrected chi connectivity index (χ1v) is 8.46. The molecule has 1 aliphatic heterocycles. The predicted octanol–water partition coefficient (Wildman–Crippen LogP) is 0.786. The van der Waals surface area contributed by atoms with Gasteiger partial charge in [-0.15, -0.1) is 0 Å². The lowest BCUT2D eigenvalue weighted by atomic mass is 10.2. The summed E-state index contributed by atoms with van der Waals surface area (Å²) in [5, 5.41) is 0. The highest BCUT2D eigenvalue weighted by Crippen LogP contribution is 2.23. The maximum atomic E-state index is 13.9. The minimum atomic E-state index is -3.81. The van der Waals surface area contributed by atoms with Gasteiger partial charge in [-0.05, 0) is 32.1 Å². The van der Waals surface area contributed by atoms with Crippen molar-refractivity contribution < 1.29 is 12.8 Å². The first kappa shape index (κ1) is 16.3. The van der Waals surface area contributed by atoms with E-state index in [0.29, 0.717) is 19.6 Å². The number of sulfonamides is 1. The summed E-state index contributed by atoms with van der Waals surface area (Å²) < 4.78 is 40.7. The highest BCUT2D eigenvalue weighted by Gasteiger charge is 2.30. The molecule has 0 bridgehead atoms. The molecule has 5 nitrogen and oxygen atoms in total. The number of hydrogen-bond donors (Lipinski definition) is 1. The smallest absolute Gasteiger partial charge is 0.243 e. The molecule has 0 unspecified atom stereocenters. The van der Waals surface area contributed by atoms with Gasteiger partial charge in [0, 0.05) is 19.6 Å². The summed E-state index contributed by atoms with van der Waals surface area (Å²) in [4.78, 5) is 1.66. The van der Waals surface area contributed by atoms with Gasteiger partial charge in [-0.1, -0.05) is 18.3 Å². The summed E-state index contributed by atoms with van der Waals surface area (Å²) in [6.07, 6.45) is 0.730. The van der Waals surface area contributed by atoms with Crippen molar-refractivity contribution in [3.63, 3.8) is 0 Å². The Bertz CT molecular complexity index is 649. The number of rotatable bonds is 3. The summed E-state index contributed by atoms with van der Waals surface area (Å²) in [6.45, 7) is 2.24. The van der Waals surface area contributed by atoms with Crippen molar-refractivity contribution >= 4 is 27.2 Å². The molecule has 2 rings (SSSR count). The zero-order valence-electron chi connectivity index (χ0n) is 11.8. The van der Waals surface area contributed by atoms with E-state index in [9.17, 15) is 12.8 Å². The number of thiocarbonyl (C=S) groups is 1. The molecule has 1 aromatic rings. The van der Waals surface area contributed by atoms with Gasteiger partial charge >= 0.3 is 0 Å². The SMILES string of the molecule is CN1CCCN(S(=O)(=O)c2cccc(F)c2C(N)=S)CC1. The lowest BCUT2D eigenvalue weighted by Gasteiger charge is -2.21. The molecule has 2 N–H and O–H groups in total. The van der Waals surface area contributed by atoms with Crippen molar-refractivity contribution in [1.29, 1.82) is 0 Å². The zero-order chi connectivity index (χ0) is 15.6. The zero-order valence-corrected chi connectivity index (χ0v) is 13.4. The molecule has 0 aromatic heterocycles. The molecular weight excluding hydrogens is 313 g/mol. The van der Waals surface area contributed by atoms with Crippen LogP contribution in [0.1, 0.15) is 12.0 Å². The molecule has 1 fully saturated rings. The van der Waals surface area contributed by atoms with E-state index in [2.05, 4.69) is 4.90 Å². The maximum absolute atomic E-state index is 13.9. The van der Waals surface area contributed by atoms with E-state index in [-0.39, 0.29) is 15.4 Å². The molecule has 0 radical (unpaired) electrons. The molecule has 0 atom stereocenters. The molecule has 116 valence electrons. The van der Waals surface area contributed by atoms with Gasteiger partial charge in [-0.2, -0.15) is 4.31 Å². The summed E-state index contributed by atoms with van der Waals surface area (Å²) in [5.41, 5.74) is 5.29. The Labute approximate surface area is 129 Å². The molecule has 0 saturated carbocycles. The fourth-order valence-electron chi connectivity index (χ4n) is 2.36. The largest absolute Gasteiger partial charge is 0.389 e. The second-order valence-electron chi connectivity index (χ2n) is 5.04. The first-order chi connectivity index (χ1) is 9.84. The van der Waals surface area contributed by atoms with E-state index in [1.54, 1.807) is 0 Å². The van der Waals surface area contributed by atoms with Crippen LogP contribution in [-0.4, -0.2) is 55.8 Å². The van der Waals surface area contributed by atoms with E-state index >= 15 is 0 Å². The summed E-state index contributed by atoms with van der Waals surface area (Å²) in [7, 11) is -1.86. The Morgan fingerprint density at radius 1 is 1.29 bits per heavy atom. The molecule has 1 aliphatic rings. The van der Waals surface area contributed by atoms with Gasteiger partial charge in [0.15, 0.2) is 0 Å². The number of benzene rings is 1. The average Bonchev–Trinajstić information content (AvgIpc) is 2.63. The molecule has 0 amide bonds. The van der Waals surface area contributed by atoms with Gasteiger partial charge in [0.05, 0.1) is 10.5 Å². The van der Waals surface area contributed by atoms with Crippen molar-refractivity contribution in [2.24, 2.45) is 5.73 Å². The quantitative estimate of drug-likeness (QED) is 0.830. The molecule has 8 heteroatoms. The predicted molar refractivity (Wildman–Crippen MR) is 83.2 cm³/mol. The van der Waals surface area contributed by atoms with Gasteiger partial charge in [-0.3, -0.25) is 0 Å². The molecule has 1 saturated heterocycles. The highest BCUT2D eigenvalue weighted by molar-refractivity contribution is 7.89. The fraction of sp³-hybridized carbons (Fsp3) is 0.462. The monoisotopic (exact) mass is 331 g/mol. The molecule has 0 aliphatic carbocycles. The van der Waals surface area contributed by atoms with Crippen LogP contribution < -0.4 is 5.73 Å². The normalized spacial score (nSPS) is 18.4.